The fourth-order valence-corrected chi connectivity index (χ4v) is 2.41. The van der Waals surface area contributed by atoms with Crippen LogP contribution >= 0.6 is 0 Å². The van der Waals surface area contributed by atoms with Gasteiger partial charge in [-0.2, -0.15) is 8.78 Å². The van der Waals surface area contributed by atoms with E-state index in [1.807, 2.05) is 14.0 Å². The van der Waals surface area contributed by atoms with E-state index in [0.717, 1.165) is 13.1 Å². The highest BCUT2D eigenvalue weighted by atomic mass is 19.3. The van der Waals surface area contributed by atoms with Crippen molar-refractivity contribution in [3.05, 3.63) is 23.8 Å². The smallest absolute Gasteiger partial charge is 0.387 e. The van der Waals surface area contributed by atoms with Crippen LogP contribution in [0.15, 0.2) is 23.2 Å². The van der Waals surface area contributed by atoms with Crippen molar-refractivity contribution in [1.82, 2.24) is 15.5 Å². The number of halogens is 2. The van der Waals surface area contributed by atoms with Crippen molar-refractivity contribution in [3.63, 3.8) is 0 Å². The number of guanidine groups is 1. The molecule has 0 atom stereocenters. The van der Waals surface area contributed by atoms with Crippen LogP contribution in [0.1, 0.15) is 19.4 Å². The third-order valence-electron chi connectivity index (χ3n) is 3.78. The molecule has 0 saturated heterocycles. The maximum absolute atomic E-state index is 12.8. The summed E-state index contributed by atoms with van der Waals surface area (Å²) in [5.74, 6) is 0.916. The Bertz CT molecular complexity index is 588. The van der Waals surface area contributed by atoms with E-state index in [1.165, 1.54) is 0 Å². The summed E-state index contributed by atoms with van der Waals surface area (Å²) in [4.78, 5) is 6.62. The van der Waals surface area contributed by atoms with E-state index in [0.29, 0.717) is 37.8 Å². The Morgan fingerprint density at radius 2 is 2.00 bits per heavy atom. The fraction of sp³-hybridized carbons (Fsp3) is 0.632. The predicted octanol–water partition coefficient (Wildman–Crippen LogP) is 2.32. The number of para-hydroxylation sites is 1. The molecule has 0 heterocycles. The van der Waals surface area contributed by atoms with Crippen LogP contribution < -0.4 is 20.1 Å². The van der Waals surface area contributed by atoms with Crippen LogP contribution in [-0.2, 0) is 11.3 Å². The summed E-state index contributed by atoms with van der Waals surface area (Å²) in [6, 6.07) is 5.04. The average Bonchev–Trinajstić information content (AvgIpc) is 2.66. The molecule has 2 N–H and O–H groups in total. The number of nitrogens with zero attached hydrogens (tertiary/aromatic N) is 2. The molecule has 7 nitrogen and oxygen atoms in total. The molecule has 28 heavy (non-hydrogen) atoms. The van der Waals surface area contributed by atoms with Crippen molar-refractivity contribution < 1.29 is 23.0 Å². The van der Waals surface area contributed by atoms with Crippen molar-refractivity contribution in [1.29, 1.82) is 0 Å². The van der Waals surface area contributed by atoms with Crippen LogP contribution in [0.2, 0.25) is 0 Å². The number of benzene rings is 1. The molecule has 0 aromatic heterocycles. The van der Waals surface area contributed by atoms with Crippen molar-refractivity contribution in [2.45, 2.75) is 27.0 Å². The van der Waals surface area contributed by atoms with E-state index in [4.69, 9.17) is 9.47 Å². The maximum atomic E-state index is 12.8. The Labute approximate surface area is 166 Å². The zero-order chi connectivity index (χ0) is 20.8. The highest BCUT2D eigenvalue weighted by Crippen LogP contribution is 2.33. The number of methoxy groups -OCH3 is 1. The number of alkyl halides is 2. The SMILES string of the molecule is CCNC(=NCc1cccc(OCC)c1OC(F)F)NCCN(C)CCOC. The van der Waals surface area contributed by atoms with E-state index >= 15 is 0 Å². The molecule has 0 fully saturated rings. The van der Waals surface area contributed by atoms with Crippen molar-refractivity contribution >= 4 is 5.96 Å². The molecule has 1 aromatic carbocycles. The molecule has 0 unspecified atom stereocenters. The molecule has 0 aliphatic carbocycles. The Morgan fingerprint density at radius 1 is 1.21 bits per heavy atom. The lowest BCUT2D eigenvalue weighted by atomic mass is 10.2. The first-order valence-electron chi connectivity index (χ1n) is 9.40. The molecule has 1 aromatic rings. The summed E-state index contributed by atoms with van der Waals surface area (Å²) in [7, 11) is 3.69. The third kappa shape index (κ3) is 9.18. The van der Waals surface area contributed by atoms with E-state index in [9.17, 15) is 8.78 Å². The van der Waals surface area contributed by atoms with Gasteiger partial charge in [-0.3, -0.25) is 0 Å². The number of hydrogen-bond donors (Lipinski definition) is 2. The van der Waals surface area contributed by atoms with E-state index in [1.54, 1.807) is 32.2 Å². The lowest BCUT2D eigenvalue weighted by molar-refractivity contribution is -0.0520. The van der Waals surface area contributed by atoms with E-state index < -0.39 is 6.61 Å². The molecule has 160 valence electrons. The standard InChI is InChI=1S/C19H32F2N4O3/c1-5-22-19(23-10-11-25(3)12-13-26-4)24-14-15-8-7-9-16(27-6-2)17(15)28-18(20)21/h7-9,18H,5-6,10-14H2,1-4H3,(H2,22,23,24). The minimum Gasteiger partial charge on any atom is -0.490 e. The molecule has 0 aliphatic heterocycles. The topological polar surface area (TPSA) is 67.4 Å². The van der Waals surface area contributed by atoms with Crippen molar-refractivity contribution in [2.24, 2.45) is 4.99 Å². The first-order valence-corrected chi connectivity index (χ1v) is 9.40. The Kier molecular flexibility index (Phi) is 11.9. The molecular formula is C19H32F2N4O3. The quantitative estimate of drug-likeness (QED) is 0.390. The third-order valence-corrected chi connectivity index (χ3v) is 3.78. The number of aliphatic imine (C=N–C) groups is 1. The van der Waals surface area contributed by atoms with Crippen molar-refractivity contribution in [2.75, 3.05) is 53.6 Å². The van der Waals surface area contributed by atoms with Gasteiger partial charge >= 0.3 is 6.61 Å². The predicted molar refractivity (Wildman–Crippen MR) is 106 cm³/mol. The molecular weight excluding hydrogens is 370 g/mol. The van der Waals surface area contributed by atoms with E-state index in [-0.39, 0.29) is 18.0 Å². The van der Waals surface area contributed by atoms with Gasteiger partial charge in [0.25, 0.3) is 0 Å². The zero-order valence-electron chi connectivity index (χ0n) is 17.1. The molecule has 1 rings (SSSR count). The van der Waals surface area contributed by atoms with Gasteiger partial charge in [0.2, 0.25) is 0 Å². The second-order valence-corrected chi connectivity index (χ2v) is 5.97. The number of nitrogens with one attached hydrogen (secondary N) is 2. The minimum atomic E-state index is -2.93. The van der Waals surface area contributed by atoms with Gasteiger partial charge in [0, 0.05) is 38.9 Å². The molecule has 0 aliphatic rings. The number of rotatable bonds is 13. The summed E-state index contributed by atoms with van der Waals surface area (Å²) in [6.45, 7) is 5.04. The average molecular weight is 402 g/mol. The first-order chi connectivity index (χ1) is 13.5. The van der Waals surface area contributed by atoms with Crippen LogP contribution in [0.5, 0.6) is 11.5 Å². The van der Waals surface area contributed by atoms with Crippen molar-refractivity contribution in [3.8, 4) is 11.5 Å². The summed E-state index contributed by atoms with van der Waals surface area (Å²) in [6.07, 6.45) is 0. The lowest BCUT2D eigenvalue weighted by Gasteiger charge is -2.18. The first kappa shape index (κ1) is 23.9. The van der Waals surface area contributed by atoms with Gasteiger partial charge in [0.1, 0.15) is 0 Å². The normalized spacial score (nSPS) is 11.8. The highest BCUT2D eigenvalue weighted by molar-refractivity contribution is 5.79. The van der Waals surface area contributed by atoms with Gasteiger partial charge in [-0.15, -0.1) is 0 Å². The Morgan fingerprint density at radius 3 is 2.64 bits per heavy atom. The van der Waals surface area contributed by atoms with Gasteiger partial charge in [0.15, 0.2) is 17.5 Å². The summed E-state index contributed by atoms with van der Waals surface area (Å²) < 4.78 is 40.8. The minimum absolute atomic E-state index is 0.0262. The Balaban J connectivity index is 2.78. The summed E-state index contributed by atoms with van der Waals surface area (Å²) in [5, 5.41) is 6.38. The molecule has 0 radical (unpaired) electrons. The largest absolute Gasteiger partial charge is 0.490 e. The van der Waals surface area contributed by atoms with Crippen LogP contribution in [0.3, 0.4) is 0 Å². The molecule has 0 amide bonds. The monoisotopic (exact) mass is 402 g/mol. The fourth-order valence-electron chi connectivity index (χ4n) is 2.41. The second kappa shape index (κ2) is 14.0. The molecule has 0 spiro atoms. The van der Waals surface area contributed by atoms with Crippen LogP contribution in [0.4, 0.5) is 8.78 Å². The van der Waals surface area contributed by atoms with Gasteiger partial charge in [-0.1, -0.05) is 12.1 Å². The molecule has 0 saturated carbocycles. The van der Waals surface area contributed by atoms with Crippen LogP contribution in [0, 0.1) is 0 Å². The summed E-state index contributed by atoms with van der Waals surface area (Å²) in [5.41, 5.74) is 0.528. The van der Waals surface area contributed by atoms with Gasteiger partial charge in [-0.05, 0) is 27.0 Å². The molecule has 0 bridgehead atoms. The van der Waals surface area contributed by atoms with Gasteiger partial charge in [0.05, 0.1) is 19.8 Å². The Hall–Kier alpha value is -2.13. The number of likely N-dealkylation sites (N-methyl/N-ethyl adjacent to an activating group) is 1. The number of ether oxygens (including phenoxy) is 3. The van der Waals surface area contributed by atoms with Gasteiger partial charge < -0.3 is 29.7 Å². The number of hydrogen-bond acceptors (Lipinski definition) is 5. The lowest BCUT2D eigenvalue weighted by Crippen LogP contribution is -2.41. The second-order valence-electron chi connectivity index (χ2n) is 5.97. The van der Waals surface area contributed by atoms with E-state index in [2.05, 4.69) is 25.3 Å². The zero-order valence-corrected chi connectivity index (χ0v) is 17.1. The maximum Gasteiger partial charge on any atom is 0.387 e. The highest BCUT2D eigenvalue weighted by Gasteiger charge is 2.15. The van der Waals surface area contributed by atoms with Gasteiger partial charge in [-0.25, -0.2) is 4.99 Å². The van der Waals surface area contributed by atoms with Crippen LogP contribution in [-0.4, -0.2) is 71.0 Å². The summed E-state index contributed by atoms with van der Waals surface area (Å²) >= 11 is 0. The van der Waals surface area contributed by atoms with Crippen LogP contribution in [0.25, 0.3) is 0 Å². The molecule has 9 heteroatoms.